The van der Waals surface area contributed by atoms with Crippen LogP contribution in [-0.2, 0) is 6.54 Å². The van der Waals surface area contributed by atoms with Crippen LogP contribution in [-0.4, -0.2) is 9.55 Å². The van der Waals surface area contributed by atoms with Crippen molar-refractivity contribution in [3.05, 3.63) is 76.4 Å². The van der Waals surface area contributed by atoms with Gasteiger partial charge in [0.05, 0.1) is 23.7 Å². The summed E-state index contributed by atoms with van der Waals surface area (Å²) < 4.78 is 2.03. The van der Waals surface area contributed by atoms with Crippen LogP contribution in [0.2, 0.25) is 0 Å². The smallest absolute Gasteiger partial charge is 0.145 e. The predicted molar refractivity (Wildman–Crippen MR) is 96.8 cm³/mol. The summed E-state index contributed by atoms with van der Waals surface area (Å²) >= 11 is 0. The average molecular weight is 337 g/mol. The van der Waals surface area contributed by atoms with Gasteiger partial charge in [-0.1, -0.05) is 18.2 Å². The molecule has 0 aliphatic carbocycles. The lowest BCUT2D eigenvalue weighted by Crippen LogP contribution is -2.06. The molecule has 0 saturated heterocycles. The van der Waals surface area contributed by atoms with Crippen molar-refractivity contribution in [3.8, 4) is 29.3 Å². The standard InChI is InChI=1S/C21H15N5/c1-14-19(11-23)21(17-7-5-16(10-22)6-8-17)15(2)26(14)13-18-4-3-9-25-20(18)12-24/h3-9H,13H2,1-2H3. The van der Waals surface area contributed by atoms with Crippen LogP contribution >= 0.6 is 0 Å². The molecule has 0 radical (unpaired) electrons. The lowest BCUT2D eigenvalue weighted by atomic mass is 10.0. The normalized spacial score (nSPS) is 9.96. The van der Waals surface area contributed by atoms with Crippen LogP contribution in [0.5, 0.6) is 0 Å². The Labute approximate surface area is 152 Å². The summed E-state index contributed by atoms with van der Waals surface area (Å²) in [6, 6.07) is 17.4. The average Bonchev–Trinajstić information content (AvgIpc) is 2.92. The van der Waals surface area contributed by atoms with Crippen LogP contribution in [0.1, 0.15) is 33.8 Å². The number of hydrogen-bond donors (Lipinski definition) is 0. The molecule has 0 spiro atoms. The lowest BCUT2D eigenvalue weighted by molar-refractivity contribution is 0.744. The van der Waals surface area contributed by atoms with Crippen molar-refractivity contribution in [1.82, 2.24) is 9.55 Å². The minimum Gasteiger partial charge on any atom is -0.343 e. The topological polar surface area (TPSA) is 89.2 Å². The molecule has 0 fully saturated rings. The number of aromatic nitrogens is 2. The van der Waals surface area contributed by atoms with E-state index < -0.39 is 0 Å². The third-order valence-electron chi connectivity index (χ3n) is 4.52. The highest BCUT2D eigenvalue weighted by Gasteiger charge is 2.19. The van der Waals surface area contributed by atoms with Crippen molar-refractivity contribution in [2.45, 2.75) is 20.4 Å². The maximum absolute atomic E-state index is 9.69. The molecule has 0 amide bonds. The summed E-state index contributed by atoms with van der Waals surface area (Å²) in [6.45, 7) is 4.34. The maximum Gasteiger partial charge on any atom is 0.145 e. The van der Waals surface area contributed by atoms with Crippen LogP contribution in [0.3, 0.4) is 0 Å². The number of rotatable bonds is 3. The van der Waals surface area contributed by atoms with Gasteiger partial charge in [-0.2, -0.15) is 15.8 Å². The van der Waals surface area contributed by atoms with Gasteiger partial charge in [0.25, 0.3) is 0 Å². The van der Waals surface area contributed by atoms with Gasteiger partial charge in [-0.25, -0.2) is 4.98 Å². The van der Waals surface area contributed by atoms with Gasteiger partial charge >= 0.3 is 0 Å². The molecule has 2 heterocycles. The fourth-order valence-corrected chi connectivity index (χ4v) is 3.16. The van der Waals surface area contributed by atoms with E-state index in [0.29, 0.717) is 23.4 Å². The summed E-state index contributed by atoms with van der Waals surface area (Å²) in [6.07, 6.45) is 1.60. The molecule has 5 heteroatoms. The Kier molecular flexibility index (Phi) is 4.52. The van der Waals surface area contributed by atoms with Crippen molar-refractivity contribution < 1.29 is 0 Å². The van der Waals surface area contributed by atoms with Gasteiger partial charge in [-0.05, 0) is 37.6 Å². The summed E-state index contributed by atoms with van der Waals surface area (Å²) in [5.41, 5.74) is 5.92. The molecule has 0 saturated carbocycles. The molecular weight excluding hydrogens is 322 g/mol. The zero-order valence-corrected chi connectivity index (χ0v) is 14.5. The van der Waals surface area contributed by atoms with Gasteiger partial charge < -0.3 is 4.57 Å². The van der Waals surface area contributed by atoms with E-state index in [1.165, 1.54) is 0 Å². The zero-order chi connectivity index (χ0) is 18.7. The van der Waals surface area contributed by atoms with Crippen molar-refractivity contribution >= 4 is 0 Å². The molecule has 2 aromatic heterocycles. The van der Waals surface area contributed by atoms with Crippen molar-refractivity contribution in [3.63, 3.8) is 0 Å². The van der Waals surface area contributed by atoms with E-state index in [9.17, 15) is 10.5 Å². The fourth-order valence-electron chi connectivity index (χ4n) is 3.16. The molecule has 0 aliphatic heterocycles. The Morgan fingerprint density at radius 1 is 0.923 bits per heavy atom. The van der Waals surface area contributed by atoms with E-state index in [4.69, 9.17) is 5.26 Å². The van der Waals surface area contributed by atoms with E-state index in [1.54, 1.807) is 24.4 Å². The Morgan fingerprint density at radius 2 is 1.65 bits per heavy atom. The molecule has 5 nitrogen and oxygen atoms in total. The first-order chi connectivity index (χ1) is 12.6. The second kappa shape index (κ2) is 6.93. The molecule has 0 unspecified atom stereocenters. The second-order valence-corrected chi connectivity index (χ2v) is 5.93. The van der Waals surface area contributed by atoms with Gasteiger partial charge in [0.15, 0.2) is 0 Å². The molecule has 0 aliphatic rings. The zero-order valence-electron chi connectivity index (χ0n) is 14.5. The van der Waals surface area contributed by atoms with Crippen LogP contribution in [0.4, 0.5) is 0 Å². The number of pyridine rings is 1. The molecule has 0 N–H and O–H groups in total. The van der Waals surface area contributed by atoms with Gasteiger partial charge in [0, 0.05) is 28.7 Å². The summed E-state index contributed by atoms with van der Waals surface area (Å²) in [5, 5.41) is 27.9. The third-order valence-corrected chi connectivity index (χ3v) is 4.52. The van der Waals surface area contributed by atoms with E-state index >= 15 is 0 Å². The Hall–Kier alpha value is -3.88. The highest BCUT2D eigenvalue weighted by atomic mass is 15.0. The molecule has 3 rings (SSSR count). The highest BCUT2D eigenvalue weighted by Crippen LogP contribution is 2.32. The van der Waals surface area contributed by atoms with E-state index in [2.05, 4.69) is 23.2 Å². The third kappa shape index (κ3) is 2.81. The summed E-state index contributed by atoms with van der Waals surface area (Å²) in [5.74, 6) is 0. The van der Waals surface area contributed by atoms with Gasteiger partial charge in [0.1, 0.15) is 17.8 Å². The number of benzene rings is 1. The first-order valence-corrected chi connectivity index (χ1v) is 8.05. The summed E-state index contributed by atoms with van der Waals surface area (Å²) in [7, 11) is 0. The molecule has 124 valence electrons. The Bertz CT molecular complexity index is 1100. The number of nitriles is 3. The monoisotopic (exact) mass is 337 g/mol. The van der Waals surface area contributed by atoms with Crippen molar-refractivity contribution in [1.29, 1.82) is 15.8 Å². The van der Waals surface area contributed by atoms with Gasteiger partial charge in [-0.3, -0.25) is 0 Å². The molecular formula is C21H15N5. The van der Waals surface area contributed by atoms with E-state index in [-0.39, 0.29) is 0 Å². The molecule has 1 aromatic carbocycles. The quantitative estimate of drug-likeness (QED) is 0.726. The Balaban J connectivity index is 2.14. The fraction of sp³-hybridized carbons (Fsp3) is 0.143. The first kappa shape index (κ1) is 17.0. The van der Waals surface area contributed by atoms with Crippen molar-refractivity contribution in [2.75, 3.05) is 0 Å². The van der Waals surface area contributed by atoms with Gasteiger partial charge in [0.2, 0.25) is 0 Å². The SMILES string of the molecule is Cc1c(C#N)c(-c2ccc(C#N)cc2)c(C)n1Cc1cccnc1C#N. The summed E-state index contributed by atoms with van der Waals surface area (Å²) in [4.78, 5) is 4.11. The van der Waals surface area contributed by atoms with Crippen molar-refractivity contribution in [2.24, 2.45) is 0 Å². The van der Waals surface area contributed by atoms with Crippen LogP contribution in [0.15, 0.2) is 42.6 Å². The minimum atomic E-state index is 0.387. The highest BCUT2D eigenvalue weighted by molar-refractivity contribution is 5.75. The number of hydrogen-bond acceptors (Lipinski definition) is 4. The van der Waals surface area contributed by atoms with Crippen LogP contribution in [0, 0.1) is 47.8 Å². The van der Waals surface area contributed by atoms with Crippen LogP contribution in [0.25, 0.3) is 11.1 Å². The molecule has 0 atom stereocenters. The lowest BCUT2D eigenvalue weighted by Gasteiger charge is -2.10. The van der Waals surface area contributed by atoms with Gasteiger partial charge in [-0.15, -0.1) is 0 Å². The maximum atomic E-state index is 9.69. The van der Waals surface area contributed by atoms with E-state index in [0.717, 1.165) is 28.1 Å². The Morgan fingerprint density at radius 3 is 2.27 bits per heavy atom. The molecule has 0 bridgehead atoms. The number of nitrogens with zero attached hydrogens (tertiary/aromatic N) is 5. The minimum absolute atomic E-state index is 0.387. The molecule has 26 heavy (non-hydrogen) atoms. The van der Waals surface area contributed by atoms with Crippen LogP contribution < -0.4 is 0 Å². The largest absolute Gasteiger partial charge is 0.343 e. The second-order valence-electron chi connectivity index (χ2n) is 5.93. The predicted octanol–water partition coefficient (Wildman–Crippen LogP) is 3.83. The van der Waals surface area contributed by atoms with E-state index in [1.807, 2.05) is 36.6 Å². The molecule has 3 aromatic rings. The first-order valence-electron chi connectivity index (χ1n) is 8.05.